The fraction of sp³-hybridized carbons (Fsp3) is 0.167. The van der Waals surface area contributed by atoms with Crippen LogP contribution in [-0.2, 0) is 4.94 Å². The molecule has 0 saturated carbocycles. The van der Waals surface area contributed by atoms with Crippen molar-refractivity contribution in [2.24, 2.45) is 5.16 Å². The minimum absolute atomic E-state index is 0.00463. The number of hydrogen-bond acceptors (Lipinski definition) is 6. The van der Waals surface area contributed by atoms with E-state index in [0.717, 1.165) is 6.08 Å². The Bertz CT molecular complexity index is 400. The number of hydroxylamine groups is 1. The van der Waals surface area contributed by atoms with Crippen molar-refractivity contribution in [1.29, 1.82) is 0 Å². The first kappa shape index (κ1) is 8.97. The topological polar surface area (TPSA) is 97.0 Å². The summed E-state index contributed by atoms with van der Waals surface area (Å²) in [5.41, 5.74) is 1.90. The van der Waals surface area contributed by atoms with Gasteiger partial charge in [-0.2, -0.15) is 5.48 Å². The Morgan fingerprint density at radius 1 is 1.79 bits per heavy atom. The molecule has 1 aliphatic carbocycles. The molecule has 0 aromatic rings. The molecule has 0 aromatic carbocycles. The van der Waals surface area contributed by atoms with E-state index in [1.54, 1.807) is 0 Å². The maximum Gasteiger partial charge on any atom is 0.307 e. The first-order valence-corrected chi connectivity index (χ1v) is 3.93. The molecule has 1 unspecified atom stereocenters. The molecular formula is C6H4ClN3O4. The van der Waals surface area contributed by atoms with Crippen LogP contribution in [-0.4, -0.2) is 21.8 Å². The molecule has 0 amide bonds. The van der Waals surface area contributed by atoms with E-state index in [9.17, 15) is 15.2 Å². The molecule has 1 heterocycles. The van der Waals surface area contributed by atoms with Gasteiger partial charge >= 0.3 is 5.70 Å². The maximum atomic E-state index is 10.6. The van der Waals surface area contributed by atoms with E-state index in [0.29, 0.717) is 0 Å². The molecule has 0 radical (unpaired) electrons. The molecule has 8 heteroatoms. The number of fused-ring (bicyclic) bond motifs is 1. The number of oxime groups is 1. The number of rotatable bonds is 1. The molecule has 14 heavy (non-hydrogen) atoms. The van der Waals surface area contributed by atoms with Crippen LogP contribution >= 0.6 is 11.6 Å². The second-order valence-electron chi connectivity index (χ2n) is 2.61. The van der Waals surface area contributed by atoms with Crippen LogP contribution in [0.4, 0.5) is 0 Å². The van der Waals surface area contributed by atoms with E-state index < -0.39 is 16.7 Å². The third kappa shape index (κ3) is 1.14. The molecule has 2 N–H and O–H groups in total. The van der Waals surface area contributed by atoms with Crippen LogP contribution in [0.15, 0.2) is 27.7 Å². The number of allylic oxidation sites excluding steroid dienone is 1. The molecule has 0 fully saturated rings. The van der Waals surface area contributed by atoms with Crippen LogP contribution in [0.1, 0.15) is 0 Å². The van der Waals surface area contributed by atoms with Crippen molar-refractivity contribution in [3.63, 3.8) is 0 Å². The Morgan fingerprint density at radius 2 is 2.50 bits per heavy atom. The molecule has 1 aliphatic heterocycles. The molecule has 2 rings (SSSR count). The quantitative estimate of drug-likeness (QED) is 0.471. The van der Waals surface area contributed by atoms with Gasteiger partial charge < -0.3 is 5.11 Å². The Hall–Kier alpha value is -1.60. The molecule has 2 aliphatic rings. The highest BCUT2D eigenvalue weighted by atomic mass is 35.5. The SMILES string of the molecule is O=[N+]([O-])C1=C2NON=C2C(Cl)=CC1O. The molecule has 74 valence electrons. The van der Waals surface area contributed by atoms with Gasteiger partial charge in [-0.05, 0) is 6.08 Å². The van der Waals surface area contributed by atoms with Gasteiger partial charge in [0.2, 0.25) is 0 Å². The van der Waals surface area contributed by atoms with Crippen LogP contribution in [0.2, 0.25) is 0 Å². The summed E-state index contributed by atoms with van der Waals surface area (Å²) in [5.74, 6) is 0. The summed E-state index contributed by atoms with van der Waals surface area (Å²) >= 11 is 5.68. The van der Waals surface area contributed by atoms with Crippen LogP contribution < -0.4 is 5.48 Å². The van der Waals surface area contributed by atoms with E-state index in [-0.39, 0.29) is 16.4 Å². The molecule has 1 atom stereocenters. The Morgan fingerprint density at radius 3 is 3.14 bits per heavy atom. The molecule has 0 spiro atoms. The Labute approximate surface area is 82.4 Å². The van der Waals surface area contributed by atoms with Gasteiger partial charge in [-0.3, -0.25) is 15.1 Å². The fourth-order valence-electron chi connectivity index (χ4n) is 1.19. The van der Waals surface area contributed by atoms with Crippen molar-refractivity contribution in [2.75, 3.05) is 0 Å². The zero-order chi connectivity index (χ0) is 10.3. The highest BCUT2D eigenvalue weighted by Gasteiger charge is 2.38. The summed E-state index contributed by atoms with van der Waals surface area (Å²) in [7, 11) is 0. The van der Waals surface area contributed by atoms with E-state index in [1.807, 2.05) is 0 Å². The standard InChI is InChI=1S/C6H4ClN3O4/c7-2-1-3(11)6(10(12)13)5-4(2)8-14-9-5/h1,3,9,11H. The number of nitro groups is 1. The lowest BCUT2D eigenvalue weighted by atomic mass is 10.0. The minimum atomic E-state index is -1.36. The number of aliphatic hydroxyl groups excluding tert-OH is 1. The number of aliphatic hydroxyl groups is 1. The summed E-state index contributed by atoms with van der Waals surface area (Å²) < 4.78 is 0. The van der Waals surface area contributed by atoms with Gasteiger partial charge in [-0.15, -0.1) is 0 Å². The van der Waals surface area contributed by atoms with Gasteiger partial charge in [0, 0.05) is 0 Å². The van der Waals surface area contributed by atoms with Gasteiger partial charge in [-0.25, -0.2) is 0 Å². The predicted octanol–water partition coefficient (Wildman–Crippen LogP) is -0.137. The van der Waals surface area contributed by atoms with Gasteiger partial charge in [0.1, 0.15) is 0 Å². The van der Waals surface area contributed by atoms with Crippen LogP contribution in [0.5, 0.6) is 0 Å². The van der Waals surface area contributed by atoms with Crippen molar-refractivity contribution in [1.82, 2.24) is 5.48 Å². The second kappa shape index (κ2) is 2.96. The van der Waals surface area contributed by atoms with Crippen LogP contribution in [0.3, 0.4) is 0 Å². The molecular weight excluding hydrogens is 214 g/mol. The zero-order valence-corrected chi connectivity index (χ0v) is 7.35. The first-order chi connectivity index (χ1) is 6.61. The van der Waals surface area contributed by atoms with Crippen molar-refractivity contribution < 1.29 is 15.0 Å². The lowest BCUT2D eigenvalue weighted by Gasteiger charge is -2.11. The van der Waals surface area contributed by atoms with Crippen molar-refractivity contribution in [3.8, 4) is 0 Å². The summed E-state index contributed by atoms with van der Waals surface area (Å²) in [4.78, 5) is 14.3. The first-order valence-electron chi connectivity index (χ1n) is 3.56. The normalized spacial score (nSPS) is 24.6. The predicted molar refractivity (Wildman–Crippen MR) is 45.6 cm³/mol. The smallest absolute Gasteiger partial charge is 0.307 e. The summed E-state index contributed by atoms with van der Waals surface area (Å²) in [6.07, 6.45) is -0.237. The second-order valence-corrected chi connectivity index (χ2v) is 3.02. The Balaban J connectivity index is 2.54. The van der Waals surface area contributed by atoms with Gasteiger partial charge in [0.25, 0.3) is 0 Å². The van der Waals surface area contributed by atoms with Gasteiger partial charge in [-0.1, -0.05) is 16.8 Å². The molecule has 0 bridgehead atoms. The van der Waals surface area contributed by atoms with E-state index in [4.69, 9.17) is 11.6 Å². The lowest BCUT2D eigenvalue weighted by molar-refractivity contribution is -0.435. The van der Waals surface area contributed by atoms with Crippen LogP contribution in [0.25, 0.3) is 0 Å². The van der Waals surface area contributed by atoms with Crippen LogP contribution in [0, 0.1) is 10.1 Å². The summed E-state index contributed by atoms with van der Waals surface area (Å²) in [5, 5.41) is 23.5. The summed E-state index contributed by atoms with van der Waals surface area (Å²) in [6, 6.07) is 0. The summed E-state index contributed by atoms with van der Waals surface area (Å²) in [6.45, 7) is 0. The number of hydrogen-bond donors (Lipinski definition) is 2. The number of halogens is 1. The third-order valence-corrected chi connectivity index (χ3v) is 2.09. The van der Waals surface area contributed by atoms with Crippen molar-refractivity contribution in [2.45, 2.75) is 6.10 Å². The average Bonchev–Trinajstić information content (AvgIpc) is 2.51. The van der Waals surface area contributed by atoms with E-state index >= 15 is 0 Å². The van der Waals surface area contributed by atoms with Crippen molar-refractivity contribution in [3.05, 3.63) is 32.6 Å². The third-order valence-electron chi connectivity index (χ3n) is 1.78. The minimum Gasteiger partial charge on any atom is -0.378 e. The van der Waals surface area contributed by atoms with Gasteiger partial charge in [0.05, 0.1) is 9.96 Å². The lowest BCUT2D eigenvalue weighted by Crippen LogP contribution is -2.28. The highest BCUT2D eigenvalue weighted by Crippen LogP contribution is 2.26. The largest absolute Gasteiger partial charge is 0.378 e. The molecule has 7 nitrogen and oxygen atoms in total. The maximum absolute atomic E-state index is 10.6. The number of nitrogens with one attached hydrogen (secondary N) is 1. The van der Waals surface area contributed by atoms with E-state index in [2.05, 4.69) is 15.6 Å². The molecule has 0 saturated heterocycles. The van der Waals surface area contributed by atoms with E-state index in [1.165, 1.54) is 0 Å². The zero-order valence-electron chi connectivity index (χ0n) is 6.60. The van der Waals surface area contributed by atoms with Gasteiger partial charge in [0.15, 0.2) is 17.5 Å². The number of nitrogens with zero attached hydrogens (tertiary/aromatic N) is 2. The highest BCUT2D eigenvalue weighted by molar-refractivity contribution is 6.46. The Kier molecular flexibility index (Phi) is 1.90. The van der Waals surface area contributed by atoms with Crippen molar-refractivity contribution >= 4 is 17.3 Å². The fourth-order valence-corrected chi connectivity index (χ4v) is 1.44. The monoisotopic (exact) mass is 217 g/mol. The average molecular weight is 218 g/mol. The molecule has 0 aromatic heterocycles.